The Morgan fingerprint density at radius 3 is 2.47 bits per heavy atom. The molecule has 0 aliphatic rings. The third kappa shape index (κ3) is 3.30. The van der Waals surface area contributed by atoms with E-state index in [0.29, 0.717) is 5.92 Å². The van der Waals surface area contributed by atoms with E-state index in [1.54, 1.807) is 0 Å². The maximum absolute atomic E-state index is 5.89. The summed E-state index contributed by atoms with van der Waals surface area (Å²) in [4.78, 5) is 0. The van der Waals surface area contributed by atoms with E-state index in [0.717, 1.165) is 18.7 Å². The highest BCUT2D eigenvalue weighted by atomic mass is 15.4. The fraction of sp³-hybridized carbons (Fsp3) is 0.818. The van der Waals surface area contributed by atoms with Gasteiger partial charge < -0.3 is 5.73 Å². The van der Waals surface area contributed by atoms with Crippen LogP contribution in [0.25, 0.3) is 0 Å². The predicted octanol–water partition coefficient (Wildman–Crippen LogP) is 2.12. The van der Waals surface area contributed by atoms with Crippen LogP contribution >= 0.6 is 0 Å². The third-order valence-electron chi connectivity index (χ3n) is 2.98. The molecule has 1 unspecified atom stereocenters. The van der Waals surface area contributed by atoms with Crippen molar-refractivity contribution in [3.63, 3.8) is 0 Å². The fourth-order valence-electron chi connectivity index (χ4n) is 1.59. The molecule has 0 amide bonds. The van der Waals surface area contributed by atoms with Crippen molar-refractivity contribution in [2.45, 2.75) is 52.6 Å². The van der Waals surface area contributed by atoms with Crippen LogP contribution in [0.4, 0.5) is 0 Å². The molecule has 4 heteroatoms. The van der Waals surface area contributed by atoms with Crippen LogP contribution in [0, 0.1) is 5.92 Å². The van der Waals surface area contributed by atoms with Crippen molar-refractivity contribution in [1.82, 2.24) is 15.0 Å². The molecule has 86 valence electrons. The van der Waals surface area contributed by atoms with E-state index in [1.165, 1.54) is 12.8 Å². The van der Waals surface area contributed by atoms with Gasteiger partial charge in [0.25, 0.3) is 0 Å². The van der Waals surface area contributed by atoms with Gasteiger partial charge in [-0.1, -0.05) is 38.8 Å². The Balaban J connectivity index is 2.59. The molecule has 1 aromatic rings. The average Bonchev–Trinajstić information content (AvgIpc) is 2.73. The molecule has 0 saturated carbocycles. The van der Waals surface area contributed by atoms with Gasteiger partial charge in [0.15, 0.2) is 0 Å². The second-order valence-corrected chi connectivity index (χ2v) is 4.06. The summed E-state index contributed by atoms with van der Waals surface area (Å²) in [7, 11) is 0. The Morgan fingerprint density at radius 1 is 1.27 bits per heavy atom. The average molecular weight is 210 g/mol. The molecule has 1 rings (SSSR count). The summed E-state index contributed by atoms with van der Waals surface area (Å²) < 4.78 is 1.92. The number of aromatic nitrogens is 3. The van der Waals surface area contributed by atoms with Gasteiger partial charge in [-0.2, -0.15) is 0 Å². The minimum Gasteiger partial charge on any atom is -0.323 e. The molecule has 1 heterocycles. The van der Waals surface area contributed by atoms with Crippen molar-refractivity contribution >= 4 is 0 Å². The number of nitrogens with two attached hydrogens (primary N) is 1. The van der Waals surface area contributed by atoms with Gasteiger partial charge in [-0.05, 0) is 12.3 Å². The van der Waals surface area contributed by atoms with Crippen LogP contribution in [0.1, 0.15) is 51.8 Å². The largest absolute Gasteiger partial charge is 0.323 e. The van der Waals surface area contributed by atoms with Crippen molar-refractivity contribution in [3.8, 4) is 0 Å². The van der Waals surface area contributed by atoms with Gasteiger partial charge in [-0.3, -0.25) is 4.68 Å². The van der Waals surface area contributed by atoms with E-state index in [4.69, 9.17) is 5.73 Å². The first-order chi connectivity index (χ1) is 7.21. The van der Waals surface area contributed by atoms with Crippen molar-refractivity contribution in [1.29, 1.82) is 0 Å². The molecule has 2 N–H and O–H groups in total. The number of hydrogen-bond acceptors (Lipinski definition) is 3. The molecule has 1 aromatic heterocycles. The summed E-state index contributed by atoms with van der Waals surface area (Å²) in [6.07, 6.45) is 5.26. The number of nitrogens with zero attached hydrogens (tertiary/aromatic N) is 3. The van der Waals surface area contributed by atoms with Gasteiger partial charge in [0.2, 0.25) is 0 Å². The lowest BCUT2D eigenvalue weighted by Crippen LogP contribution is -2.10. The molecular weight excluding hydrogens is 188 g/mol. The molecule has 0 bridgehead atoms. The normalized spacial score (nSPS) is 13.4. The summed E-state index contributed by atoms with van der Waals surface area (Å²) in [5, 5.41) is 8.20. The Hall–Kier alpha value is -0.900. The number of rotatable bonds is 6. The minimum atomic E-state index is 0.0282. The molecule has 0 saturated heterocycles. The quantitative estimate of drug-likeness (QED) is 0.782. The Kier molecular flexibility index (Phi) is 4.75. The summed E-state index contributed by atoms with van der Waals surface area (Å²) in [6, 6.07) is 0.0282. The van der Waals surface area contributed by atoms with Crippen LogP contribution in [0.3, 0.4) is 0 Å². The van der Waals surface area contributed by atoms with Crippen LogP contribution in [0.15, 0.2) is 6.20 Å². The molecular formula is C11H22N4. The van der Waals surface area contributed by atoms with Crippen LogP contribution < -0.4 is 5.73 Å². The second kappa shape index (κ2) is 5.85. The van der Waals surface area contributed by atoms with Crippen molar-refractivity contribution in [2.75, 3.05) is 0 Å². The first-order valence-electron chi connectivity index (χ1n) is 5.86. The summed E-state index contributed by atoms with van der Waals surface area (Å²) in [5.74, 6) is 0.692. The highest BCUT2D eigenvalue weighted by molar-refractivity contribution is 4.98. The number of hydrogen-bond donors (Lipinski definition) is 1. The molecule has 0 aliphatic carbocycles. The topological polar surface area (TPSA) is 56.7 Å². The first kappa shape index (κ1) is 12.2. The summed E-state index contributed by atoms with van der Waals surface area (Å²) >= 11 is 0. The first-order valence-corrected chi connectivity index (χ1v) is 5.86. The van der Waals surface area contributed by atoms with Gasteiger partial charge in [0.05, 0.1) is 17.9 Å². The zero-order chi connectivity index (χ0) is 11.3. The molecule has 0 fully saturated rings. The zero-order valence-corrected chi connectivity index (χ0v) is 9.98. The lowest BCUT2D eigenvalue weighted by atomic mass is 10.0. The van der Waals surface area contributed by atoms with E-state index < -0.39 is 0 Å². The predicted molar refractivity (Wildman–Crippen MR) is 61.3 cm³/mol. The SMILES string of the molecule is CCC(CC)Cn1cc(C(N)CC)nn1. The van der Waals surface area contributed by atoms with E-state index in [2.05, 4.69) is 31.1 Å². The van der Waals surface area contributed by atoms with E-state index in [9.17, 15) is 0 Å². The standard InChI is InChI=1S/C11H22N4/c1-4-9(5-2)7-15-8-11(13-14-15)10(12)6-3/h8-10H,4-7,12H2,1-3H3. The van der Waals surface area contributed by atoms with Gasteiger partial charge in [0, 0.05) is 6.54 Å². The lowest BCUT2D eigenvalue weighted by Gasteiger charge is -2.10. The van der Waals surface area contributed by atoms with Gasteiger partial charge in [0.1, 0.15) is 0 Å². The Morgan fingerprint density at radius 2 is 1.93 bits per heavy atom. The maximum atomic E-state index is 5.89. The third-order valence-corrected chi connectivity index (χ3v) is 2.98. The monoisotopic (exact) mass is 210 g/mol. The van der Waals surface area contributed by atoms with E-state index >= 15 is 0 Å². The highest BCUT2D eigenvalue weighted by Gasteiger charge is 2.10. The lowest BCUT2D eigenvalue weighted by molar-refractivity contribution is 0.390. The summed E-state index contributed by atoms with van der Waals surface area (Å²) in [6.45, 7) is 7.44. The molecule has 0 radical (unpaired) electrons. The molecule has 15 heavy (non-hydrogen) atoms. The van der Waals surface area contributed by atoms with Crippen LogP contribution in [0.2, 0.25) is 0 Å². The molecule has 0 aliphatic heterocycles. The molecule has 1 atom stereocenters. The minimum absolute atomic E-state index is 0.0282. The Labute approximate surface area is 91.9 Å². The Bertz CT molecular complexity index is 278. The van der Waals surface area contributed by atoms with E-state index in [1.807, 2.05) is 10.9 Å². The fourth-order valence-corrected chi connectivity index (χ4v) is 1.59. The van der Waals surface area contributed by atoms with Crippen molar-refractivity contribution in [3.05, 3.63) is 11.9 Å². The van der Waals surface area contributed by atoms with Crippen LogP contribution in [-0.2, 0) is 6.54 Å². The van der Waals surface area contributed by atoms with Crippen molar-refractivity contribution in [2.24, 2.45) is 11.7 Å². The molecule has 0 aromatic carbocycles. The van der Waals surface area contributed by atoms with E-state index in [-0.39, 0.29) is 6.04 Å². The van der Waals surface area contributed by atoms with Crippen LogP contribution in [-0.4, -0.2) is 15.0 Å². The smallest absolute Gasteiger partial charge is 0.0993 e. The zero-order valence-electron chi connectivity index (χ0n) is 9.98. The van der Waals surface area contributed by atoms with Crippen LogP contribution in [0.5, 0.6) is 0 Å². The van der Waals surface area contributed by atoms with Gasteiger partial charge in [-0.15, -0.1) is 5.10 Å². The highest BCUT2D eigenvalue weighted by Crippen LogP contribution is 2.13. The molecule has 0 spiro atoms. The van der Waals surface area contributed by atoms with Crippen molar-refractivity contribution < 1.29 is 0 Å². The maximum Gasteiger partial charge on any atom is 0.0993 e. The second-order valence-electron chi connectivity index (χ2n) is 4.06. The molecule has 4 nitrogen and oxygen atoms in total. The van der Waals surface area contributed by atoms with Gasteiger partial charge in [-0.25, -0.2) is 0 Å². The van der Waals surface area contributed by atoms with Gasteiger partial charge >= 0.3 is 0 Å². The summed E-state index contributed by atoms with van der Waals surface area (Å²) in [5.41, 5.74) is 6.79.